The van der Waals surface area contributed by atoms with Gasteiger partial charge in [-0.25, -0.2) is 0 Å². The van der Waals surface area contributed by atoms with Gasteiger partial charge in [-0.1, -0.05) is 6.07 Å². The van der Waals surface area contributed by atoms with E-state index in [2.05, 4.69) is 10.6 Å². The lowest BCUT2D eigenvalue weighted by molar-refractivity contribution is -0.120. The summed E-state index contributed by atoms with van der Waals surface area (Å²) >= 11 is 0. The molecule has 0 bridgehead atoms. The SMILES string of the molecule is Cc1c(NC(=O)C2CCCNC2)cccc1C(=O)N1CCOCC1.Cl. The van der Waals surface area contributed by atoms with Crippen LogP contribution in [0.2, 0.25) is 0 Å². The average Bonchev–Trinajstić information content (AvgIpc) is 2.64. The highest BCUT2D eigenvalue weighted by Gasteiger charge is 2.24. The summed E-state index contributed by atoms with van der Waals surface area (Å²) in [7, 11) is 0. The highest BCUT2D eigenvalue weighted by atomic mass is 35.5. The predicted molar refractivity (Wildman–Crippen MR) is 99.4 cm³/mol. The number of rotatable bonds is 3. The molecule has 0 radical (unpaired) electrons. The highest BCUT2D eigenvalue weighted by molar-refractivity contribution is 5.99. The minimum absolute atomic E-state index is 0. The summed E-state index contributed by atoms with van der Waals surface area (Å²) in [6.07, 6.45) is 1.93. The smallest absolute Gasteiger partial charge is 0.254 e. The molecule has 2 saturated heterocycles. The molecule has 0 saturated carbocycles. The molecule has 2 fully saturated rings. The molecule has 6 nitrogen and oxygen atoms in total. The summed E-state index contributed by atoms with van der Waals surface area (Å²) in [5, 5.41) is 6.26. The van der Waals surface area contributed by atoms with Crippen molar-refractivity contribution in [3.05, 3.63) is 29.3 Å². The van der Waals surface area contributed by atoms with Crippen LogP contribution in [0.3, 0.4) is 0 Å². The number of morpholine rings is 1. The van der Waals surface area contributed by atoms with Gasteiger partial charge in [0.15, 0.2) is 0 Å². The van der Waals surface area contributed by atoms with Gasteiger partial charge in [-0.05, 0) is 44.0 Å². The van der Waals surface area contributed by atoms with Crippen LogP contribution < -0.4 is 10.6 Å². The van der Waals surface area contributed by atoms with Gasteiger partial charge in [-0.3, -0.25) is 9.59 Å². The minimum Gasteiger partial charge on any atom is -0.378 e. The molecule has 1 aromatic carbocycles. The second-order valence-electron chi connectivity index (χ2n) is 6.42. The second-order valence-corrected chi connectivity index (χ2v) is 6.42. The number of nitrogens with one attached hydrogen (secondary N) is 2. The molecule has 1 atom stereocenters. The molecule has 3 rings (SSSR count). The van der Waals surface area contributed by atoms with Crippen molar-refractivity contribution in [1.82, 2.24) is 10.2 Å². The van der Waals surface area contributed by atoms with Crippen molar-refractivity contribution in [1.29, 1.82) is 0 Å². The van der Waals surface area contributed by atoms with E-state index in [0.29, 0.717) is 31.9 Å². The van der Waals surface area contributed by atoms with Crippen molar-refractivity contribution in [3.8, 4) is 0 Å². The number of hydrogen-bond donors (Lipinski definition) is 2. The van der Waals surface area contributed by atoms with Crippen LogP contribution >= 0.6 is 12.4 Å². The van der Waals surface area contributed by atoms with E-state index in [0.717, 1.165) is 37.2 Å². The van der Waals surface area contributed by atoms with Gasteiger partial charge in [0, 0.05) is 30.9 Å². The minimum atomic E-state index is -0.00301. The molecule has 138 valence electrons. The number of carbonyl (C=O) groups is 2. The summed E-state index contributed by atoms with van der Waals surface area (Å²) in [6, 6.07) is 5.51. The fourth-order valence-corrected chi connectivity index (χ4v) is 3.25. The van der Waals surface area contributed by atoms with Crippen molar-refractivity contribution in [2.45, 2.75) is 19.8 Å². The Kier molecular flexibility index (Phi) is 7.23. The number of ether oxygens (including phenoxy) is 1. The molecule has 0 aromatic heterocycles. The van der Waals surface area contributed by atoms with Gasteiger partial charge >= 0.3 is 0 Å². The Morgan fingerprint density at radius 1 is 1.28 bits per heavy atom. The lowest BCUT2D eigenvalue weighted by Gasteiger charge is -2.28. The first-order valence-electron chi connectivity index (χ1n) is 8.65. The van der Waals surface area contributed by atoms with E-state index in [4.69, 9.17) is 4.74 Å². The topological polar surface area (TPSA) is 70.7 Å². The lowest BCUT2D eigenvalue weighted by atomic mass is 9.98. The molecule has 7 heteroatoms. The summed E-state index contributed by atoms with van der Waals surface area (Å²) in [5.74, 6) is 0.0317. The van der Waals surface area contributed by atoms with Crippen LogP contribution in [0.4, 0.5) is 5.69 Å². The Hall–Kier alpha value is -1.63. The van der Waals surface area contributed by atoms with Crippen LogP contribution in [-0.2, 0) is 9.53 Å². The standard InChI is InChI=1S/C18H25N3O3.ClH/c1-13-15(18(23)21-8-10-24-11-9-21)5-2-6-16(13)20-17(22)14-4-3-7-19-12-14;/h2,5-6,14,19H,3-4,7-12H2,1H3,(H,20,22);1H. The van der Waals surface area contributed by atoms with E-state index in [1.165, 1.54) is 0 Å². The molecule has 0 spiro atoms. The summed E-state index contributed by atoms with van der Waals surface area (Å²) in [4.78, 5) is 27.0. The molecular formula is C18H26ClN3O3. The van der Waals surface area contributed by atoms with Gasteiger partial charge in [-0.15, -0.1) is 12.4 Å². The van der Waals surface area contributed by atoms with Gasteiger partial charge < -0.3 is 20.3 Å². The number of piperidine rings is 1. The van der Waals surface area contributed by atoms with Crippen molar-refractivity contribution in [2.24, 2.45) is 5.92 Å². The molecule has 1 unspecified atom stereocenters. The molecule has 0 aliphatic carbocycles. The van der Waals surface area contributed by atoms with Crippen LogP contribution in [0.1, 0.15) is 28.8 Å². The maximum atomic E-state index is 12.7. The molecular weight excluding hydrogens is 342 g/mol. The number of benzene rings is 1. The first-order valence-corrected chi connectivity index (χ1v) is 8.65. The number of hydrogen-bond acceptors (Lipinski definition) is 4. The maximum Gasteiger partial charge on any atom is 0.254 e. The van der Waals surface area contributed by atoms with E-state index in [-0.39, 0.29) is 30.1 Å². The number of carbonyl (C=O) groups excluding carboxylic acids is 2. The zero-order chi connectivity index (χ0) is 16.9. The zero-order valence-corrected chi connectivity index (χ0v) is 15.4. The third-order valence-electron chi connectivity index (χ3n) is 4.79. The van der Waals surface area contributed by atoms with Gasteiger partial charge in [0.05, 0.1) is 19.1 Å². The molecule has 2 aliphatic heterocycles. The van der Waals surface area contributed by atoms with Crippen LogP contribution in [0, 0.1) is 12.8 Å². The fraction of sp³-hybridized carbons (Fsp3) is 0.556. The van der Waals surface area contributed by atoms with Crippen LogP contribution in [0.25, 0.3) is 0 Å². The third-order valence-corrected chi connectivity index (χ3v) is 4.79. The summed E-state index contributed by atoms with van der Waals surface area (Å²) in [6.45, 7) is 5.98. The second kappa shape index (κ2) is 9.17. The van der Waals surface area contributed by atoms with Gasteiger partial charge in [0.25, 0.3) is 5.91 Å². The Labute approximate surface area is 154 Å². The van der Waals surface area contributed by atoms with Crippen molar-refractivity contribution in [3.63, 3.8) is 0 Å². The number of nitrogens with zero attached hydrogens (tertiary/aromatic N) is 1. The molecule has 2 aliphatic rings. The van der Waals surface area contributed by atoms with Crippen molar-refractivity contribution < 1.29 is 14.3 Å². The first-order chi connectivity index (χ1) is 11.7. The van der Waals surface area contributed by atoms with E-state index < -0.39 is 0 Å². The number of amides is 2. The Bertz CT molecular complexity index is 612. The summed E-state index contributed by atoms with van der Waals surface area (Å²) in [5.41, 5.74) is 2.20. The van der Waals surface area contributed by atoms with E-state index in [1.807, 2.05) is 30.0 Å². The van der Waals surface area contributed by atoms with Crippen molar-refractivity contribution in [2.75, 3.05) is 44.7 Å². The highest BCUT2D eigenvalue weighted by Crippen LogP contribution is 2.22. The molecule has 25 heavy (non-hydrogen) atoms. The zero-order valence-electron chi connectivity index (χ0n) is 14.5. The normalized spacial score (nSPS) is 20.5. The van der Waals surface area contributed by atoms with Gasteiger partial charge in [0.2, 0.25) is 5.91 Å². The Balaban J connectivity index is 0.00000225. The molecule has 2 N–H and O–H groups in total. The summed E-state index contributed by atoms with van der Waals surface area (Å²) < 4.78 is 5.30. The Morgan fingerprint density at radius 2 is 2.04 bits per heavy atom. The number of halogens is 1. The van der Waals surface area contributed by atoms with Gasteiger partial charge in [-0.2, -0.15) is 0 Å². The van der Waals surface area contributed by atoms with E-state index in [1.54, 1.807) is 0 Å². The average molecular weight is 368 g/mol. The Morgan fingerprint density at radius 3 is 2.72 bits per heavy atom. The third kappa shape index (κ3) is 4.71. The lowest BCUT2D eigenvalue weighted by Crippen LogP contribution is -2.41. The van der Waals surface area contributed by atoms with Crippen molar-refractivity contribution >= 4 is 29.9 Å². The molecule has 2 heterocycles. The maximum absolute atomic E-state index is 12.7. The van der Waals surface area contributed by atoms with Crippen LogP contribution in [0.5, 0.6) is 0 Å². The van der Waals surface area contributed by atoms with E-state index in [9.17, 15) is 9.59 Å². The fourth-order valence-electron chi connectivity index (χ4n) is 3.25. The largest absolute Gasteiger partial charge is 0.378 e. The van der Waals surface area contributed by atoms with Crippen LogP contribution in [0.15, 0.2) is 18.2 Å². The predicted octanol–water partition coefficient (Wildman–Crippen LogP) is 1.83. The molecule has 1 aromatic rings. The number of anilines is 1. The quantitative estimate of drug-likeness (QED) is 0.855. The monoisotopic (exact) mass is 367 g/mol. The van der Waals surface area contributed by atoms with Crippen LogP contribution in [-0.4, -0.2) is 56.1 Å². The van der Waals surface area contributed by atoms with Gasteiger partial charge in [0.1, 0.15) is 0 Å². The molecule has 2 amide bonds. The first kappa shape index (κ1) is 19.7. The van der Waals surface area contributed by atoms with E-state index >= 15 is 0 Å².